The molecule has 1 aromatic heterocycles. The average Bonchev–Trinajstić information content (AvgIpc) is 2.76. The van der Waals surface area contributed by atoms with E-state index in [2.05, 4.69) is 28.9 Å². The molecule has 0 amide bonds. The first kappa shape index (κ1) is 13.5. The van der Waals surface area contributed by atoms with Gasteiger partial charge in [0.1, 0.15) is 0 Å². The van der Waals surface area contributed by atoms with Gasteiger partial charge in [0.05, 0.1) is 13.2 Å². The highest BCUT2D eigenvalue weighted by molar-refractivity contribution is 4.89. The molecule has 1 aliphatic heterocycles. The largest absolute Gasteiger partial charge is 0.395 e. The van der Waals surface area contributed by atoms with Gasteiger partial charge in [-0.2, -0.15) is 4.98 Å². The number of likely N-dealkylation sites (tertiary alicyclic amines) is 1. The standard InChI is InChI=1S/C13H23N3O2/c1-10(2)7-13-14-12(15-18-13)8-16-6-4-3-5-11(16)9-17/h10-11,17H,3-9H2,1-2H3. The van der Waals surface area contributed by atoms with Crippen LogP contribution in [0.1, 0.15) is 44.8 Å². The van der Waals surface area contributed by atoms with E-state index in [4.69, 9.17) is 4.52 Å². The Morgan fingerprint density at radius 2 is 2.28 bits per heavy atom. The Hall–Kier alpha value is -0.940. The predicted octanol–water partition coefficient (Wildman–Crippen LogP) is 1.61. The van der Waals surface area contributed by atoms with Crippen molar-refractivity contribution >= 4 is 0 Å². The number of hydrogen-bond donors (Lipinski definition) is 1. The van der Waals surface area contributed by atoms with Crippen LogP contribution in [0.5, 0.6) is 0 Å². The molecule has 5 nitrogen and oxygen atoms in total. The number of aromatic nitrogens is 2. The van der Waals surface area contributed by atoms with Gasteiger partial charge in [0.15, 0.2) is 5.82 Å². The van der Waals surface area contributed by atoms with Crippen LogP contribution >= 0.6 is 0 Å². The summed E-state index contributed by atoms with van der Waals surface area (Å²) in [4.78, 5) is 6.67. The molecule has 0 aromatic carbocycles. The van der Waals surface area contributed by atoms with Gasteiger partial charge in [-0.15, -0.1) is 0 Å². The second-order valence-electron chi connectivity index (χ2n) is 5.50. The predicted molar refractivity (Wildman–Crippen MR) is 68.0 cm³/mol. The fourth-order valence-corrected chi connectivity index (χ4v) is 2.44. The lowest BCUT2D eigenvalue weighted by atomic mass is 10.0. The molecule has 0 spiro atoms. The molecule has 1 N–H and O–H groups in total. The van der Waals surface area contributed by atoms with Crippen molar-refractivity contribution < 1.29 is 9.63 Å². The normalized spacial score (nSPS) is 21.7. The van der Waals surface area contributed by atoms with Gasteiger partial charge in [0, 0.05) is 12.5 Å². The molecular weight excluding hydrogens is 230 g/mol. The summed E-state index contributed by atoms with van der Waals surface area (Å²) in [7, 11) is 0. The first-order valence-electron chi connectivity index (χ1n) is 6.85. The summed E-state index contributed by atoms with van der Waals surface area (Å²) in [5.74, 6) is 1.99. The third kappa shape index (κ3) is 3.53. The molecule has 1 unspecified atom stereocenters. The summed E-state index contributed by atoms with van der Waals surface area (Å²) in [6.07, 6.45) is 4.28. The Morgan fingerprint density at radius 3 is 3.00 bits per heavy atom. The lowest BCUT2D eigenvalue weighted by Crippen LogP contribution is -2.41. The number of rotatable bonds is 5. The zero-order valence-corrected chi connectivity index (χ0v) is 11.3. The van der Waals surface area contributed by atoms with Gasteiger partial charge < -0.3 is 9.63 Å². The highest BCUT2D eigenvalue weighted by Gasteiger charge is 2.23. The fraction of sp³-hybridized carbons (Fsp3) is 0.846. The summed E-state index contributed by atoms with van der Waals surface area (Å²) >= 11 is 0. The summed E-state index contributed by atoms with van der Waals surface area (Å²) in [6, 6.07) is 0.255. The van der Waals surface area contributed by atoms with E-state index >= 15 is 0 Å². The van der Waals surface area contributed by atoms with E-state index < -0.39 is 0 Å². The average molecular weight is 253 g/mol. The van der Waals surface area contributed by atoms with Crippen molar-refractivity contribution in [2.75, 3.05) is 13.2 Å². The highest BCUT2D eigenvalue weighted by atomic mass is 16.5. The van der Waals surface area contributed by atoms with Crippen molar-refractivity contribution in [2.45, 2.75) is 52.1 Å². The molecule has 1 fully saturated rings. The van der Waals surface area contributed by atoms with Crippen LogP contribution < -0.4 is 0 Å². The maximum Gasteiger partial charge on any atom is 0.226 e. The lowest BCUT2D eigenvalue weighted by Gasteiger charge is -2.33. The van der Waals surface area contributed by atoms with Crippen molar-refractivity contribution in [1.29, 1.82) is 0 Å². The zero-order chi connectivity index (χ0) is 13.0. The van der Waals surface area contributed by atoms with E-state index in [0.29, 0.717) is 12.5 Å². The fourth-order valence-electron chi connectivity index (χ4n) is 2.44. The van der Waals surface area contributed by atoms with Crippen molar-refractivity contribution in [3.8, 4) is 0 Å². The van der Waals surface area contributed by atoms with Crippen molar-refractivity contribution in [3.63, 3.8) is 0 Å². The Morgan fingerprint density at radius 1 is 1.44 bits per heavy atom. The zero-order valence-electron chi connectivity index (χ0n) is 11.3. The van der Waals surface area contributed by atoms with Crippen LogP contribution in [0, 0.1) is 5.92 Å². The molecule has 2 rings (SSSR count). The molecule has 0 saturated carbocycles. The topological polar surface area (TPSA) is 62.4 Å². The molecule has 0 bridgehead atoms. The Bertz CT molecular complexity index is 365. The van der Waals surface area contributed by atoms with Crippen LogP contribution in [0.3, 0.4) is 0 Å². The minimum atomic E-state index is 0.219. The van der Waals surface area contributed by atoms with E-state index in [9.17, 15) is 5.11 Å². The van der Waals surface area contributed by atoms with Gasteiger partial charge in [-0.05, 0) is 25.3 Å². The maximum atomic E-state index is 9.36. The summed E-state index contributed by atoms with van der Waals surface area (Å²) in [5, 5.41) is 13.4. The molecule has 5 heteroatoms. The Balaban J connectivity index is 1.93. The van der Waals surface area contributed by atoms with E-state index in [-0.39, 0.29) is 12.6 Å². The van der Waals surface area contributed by atoms with Crippen molar-refractivity contribution in [1.82, 2.24) is 15.0 Å². The first-order chi connectivity index (χ1) is 8.69. The minimum Gasteiger partial charge on any atom is -0.395 e. The van der Waals surface area contributed by atoms with Crippen LogP contribution in [0.25, 0.3) is 0 Å². The van der Waals surface area contributed by atoms with Crippen molar-refractivity contribution in [2.24, 2.45) is 5.92 Å². The second-order valence-corrected chi connectivity index (χ2v) is 5.50. The Kier molecular flexibility index (Phi) is 4.72. The quantitative estimate of drug-likeness (QED) is 0.864. The number of nitrogens with zero attached hydrogens (tertiary/aromatic N) is 3. The molecule has 0 aliphatic carbocycles. The number of aliphatic hydroxyl groups is 1. The molecule has 1 aromatic rings. The monoisotopic (exact) mass is 253 g/mol. The molecular formula is C13H23N3O2. The van der Waals surface area contributed by atoms with Gasteiger partial charge >= 0.3 is 0 Å². The summed E-state index contributed by atoms with van der Waals surface area (Å²) < 4.78 is 5.24. The number of aliphatic hydroxyl groups excluding tert-OH is 1. The Labute approximate surface area is 108 Å². The van der Waals surface area contributed by atoms with E-state index in [1.807, 2.05) is 0 Å². The molecule has 2 heterocycles. The first-order valence-corrected chi connectivity index (χ1v) is 6.85. The van der Waals surface area contributed by atoms with Crippen LogP contribution in [0.15, 0.2) is 4.52 Å². The highest BCUT2D eigenvalue weighted by Crippen LogP contribution is 2.18. The second kappa shape index (κ2) is 6.29. The number of hydrogen-bond acceptors (Lipinski definition) is 5. The van der Waals surface area contributed by atoms with Gasteiger partial charge in [-0.3, -0.25) is 4.90 Å². The van der Waals surface area contributed by atoms with Crippen LogP contribution in [-0.2, 0) is 13.0 Å². The third-order valence-electron chi connectivity index (χ3n) is 3.40. The van der Waals surface area contributed by atoms with E-state index in [1.54, 1.807) is 0 Å². The van der Waals surface area contributed by atoms with Crippen LogP contribution in [0.2, 0.25) is 0 Å². The van der Waals surface area contributed by atoms with E-state index in [1.165, 1.54) is 12.8 Å². The van der Waals surface area contributed by atoms with Crippen LogP contribution in [-0.4, -0.2) is 39.3 Å². The third-order valence-corrected chi connectivity index (χ3v) is 3.40. The van der Waals surface area contributed by atoms with Crippen LogP contribution in [0.4, 0.5) is 0 Å². The molecule has 18 heavy (non-hydrogen) atoms. The van der Waals surface area contributed by atoms with Gasteiger partial charge in [-0.1, -0.05) is 25.4 Å². The summed E-state index contributed by atoms with van der Waals surface area (Å²) in [5.41, 5.74) is 0. The summed E-state index contributed by atoms with van der Waals surface area (Å²) in [6.45, 7) is 6.19. The minimum absolute atomic E-state index is 0.219. The molecule has 102 valence electrons. The smallest absolute Gasteiger partial charge is 0.226 e. The van der Waals surface area contributed by atoms with Crippen molar-refractivity contribution in [3.05, 3.63) is 11.7 Å². The lowest BCUT2D eigenvalue weighted by molar-refractivity contribution is 0.0812. The van der Waals surface area contributed by atoms with Gasteiger partial charge in [-0.25, -0.2) is 0 Å². The molecule has 1 atom stereocenters. The molecule has 0 radical (unpaired) electrons. The molecule has 1 saturated heterocycles. The number of piperidine rings is 1. The van der Waals surface area contributed by atoms with Gasteiger partial charge in [0.25, 0.3) is 0 Å². The van der Waals surface area contributed by atoms with Gasteiger partial charge in [0.2, 0.25) is 5.89 Å². The maximum absolute atomic E-state index is 9.36. The van der Waals surface area contributed by atoms with E-state index in [0.717, 1.165) is 31.1 Å². The SMILES string of the molecule is CC(C)Cc1nc(CN2CCCCC2CO)no1. The molecule has 1 aliphatic rings.